The number of likely N-dealkylation sites (N-methyl/N-ethyl adjacent to an activating group) is 2. The van der Waals surface area contributed by atoms with E-state index in [2.05, 4.69) is 0 Å². The molecule has 2 aromatic carbocycles. The first-order chi connectivity index (χ1) is 12.8. The minimum atomic E-state index is -0.514. The van der Waals surface area contributed by atoms with Crippen LogP contribution in [0.5, 0.6) is 0 Å². The molecule has 0 aliphatic carbocycles. The van der Waals surface area contributed by atoms with Crippen LogP contribution in [0.4, 0.5) is 10.5 Å². The Morgan fingerprint density at radius 1 is 0.926 bits per heavy atom. The third-order valence-corrected chi connectivity index (χ3v) is 4.77. The number of nitrogens with zero attached hydrogens (tertiary/aromatic N) is 3. The Kier molecular flexibility index (Phi) is 4.83. The normalized spacial score (nSPS) is 16.6. The van der Waals surface area contributed by atoms with Crippen LogP contribution in [-0.2, 0) is 4.79 Å². The summed E-state index contributed by atoms with van der Waals surface area (Å²) in [5.74, 6) is -0.514. The van der Waals surface area contributed by atoms with Gasteiger partial charge < -0.3 is 0 Å². The van der Waals surface area contributed by atoms with Crippen molar-refractivity contribution in [3.05, 3.63) is 81.4 Å². The Morgan fingerprint density at radius 2 is 1.48 bits per heavy atom. The Bertz CT molecular complexity index is 958. The number of benzene rings is 2. The Morgan fingerprint density at radius 3 is 2.04 bits per heavy atom. The predicted octanol–water partition coefficient (Wildman–Crippen LogP) is 3.25. The van der Waals surface area contributed by atoms with Gasteiger partial charge in [0.15, 0.2) is 0 Å². The zero-order chi connectivity index (χ0) is 19.7. The van der Waals surface area contributed by atoms with Crippen molar-refractivity contribution in [2.75, 3.05) is 14.1 Å². The molecule has 0 atom stereocenters. The van der Waals surface area contributed by atoms with Crippen molar-refractivity contribution in [3.8, 4) is 0 Å². The highest BCUT2D eigenvalue weighted by Crippen LogP contribution is 2.32. The Hall–Kier alpha value is -3.39. The van der Waals surface area contributed by atoms with Gasteiger partial charge in [-0.25, -0.2) is 4.79 Å². The van der Waals surface area contributed by atoms with Crippen molar-refractivity contribution in [1.29, 1.82) is 0 Å². The summed E-state index contributed by atoms with van der Waals surface area (Å²) in [7, 11) is 2.90. The molecular formula is C19H15N3O4S. The summed E-state index contributed by atoms with van der Waals surface area (Å²) in [6.07, 6.45) is 0. The number of carbonyl (C=O) groups is 2. The van der Waals surface area contributed by atoms with E-state index in [9.17, 15) is 19.7 Å². The van der Waals surface area contributed by atoms with Gasteiger partial charge in [-0.3, -0.25) is 24.7 Å². The van der Waals surface area contributed by atoms with Crippen molar-refractivity contribution in [2.45, 2.75) is 0 Å². The van der Waals surface area contributed by atoms with Gasteiger partial charge in [-0.2, -0.15) is 0 Å². The SMILES string of the molecule is CN1C(=O)C(=C(c2ccccc2)c2ccc([N+](=O)[O-])cc2)C(=S)N(C)C1=O. The maximum absolute atomic E-state index is 12.9. The molecule has 2 aromatic rings. The van der Waals surface area contributed by atoms with E-state index in [1.807, 2.05) is 30.3 Å². The molecule has 1 heterocycles. The number of nitro benzene ring substituents is 1. The van der Waals surface area contributed by atoms with Crippen LogP contribution in [0.3, 0.4) is 0 Å². The van der Waals surface area contributed by atoms with Crippen molar-refractivity contribution in [2.24, 2.45) is 0 Å². The van der Waals surface area contributed by atoms with E-state index in [1.165, 1.54) is 31.1 Å². The number of imide groups is 1. The molecule has 0 saturated carbocycles. The Labute approximate surface area is 160 Å². The second-order valence-electron chi connectivity index (χ2n) is 5.93. The number of hydrogen-bond acceptors (Lipinski definition) is 5. The van der Waals surface area contributed by atoms with Gasteiger partial charge in [0, 0.05) is 31.8 Å². The molecule has 8 heteroatoms. The molecule has 1 aliphatic rings. The van der Waals surface area contributed by atoms with Crippen LogP contribution < -0.4 is 0 Å². The Balaban J connectivity index is 2.28. The summed E-state index contributed by atoms with van der Waals surface area (Å²) in [5, 5.41) is 10.9. The molecule has 1 saturated heterocycles. The molecule has 0 bridgehead atoms. The quantitative estimate of drug-likeness (QED) is 0.353. The number of thiocarbonyl (C=S) groups is 1. The second-order valence-corrected chi connectivity index (χ2v) is 6.32. The molecule has 3 rings (SSSR count). The molecule has 3 amide bonds. The van der Waals surface area contributed by atoms with Gasteiger partial charge in [0.2, 0.25) is 0 Å². The molecule has 0 N–H and O–H groups in total. The lowest BCUT2D eigenvalue weighted by molar-refractivity contribution is -0.384. The standard InChI is InChI=1S/C19H15N3O4S/c1-20-17(23)16(18(27)21(2)19(20)24)15(12-6-4-3-5-7-12)13-8-10-14(11-9-13)22(25)26/h3-11H,1-2H3. The summed E-state index contributed by atoms with van der Waals surface area (Å²) in [6.45, 7) is 0. The smallest absolute Gasteiger partial charge is 0.287 e. The minimum Gasteiger partial charge on any atom is -0.287 e. The fourth-order valence-electron chi connectivity index (χ4n) is 2.85. The molecule has 0 radical (unpaired) electrons. The van der Waals surface area contributed by atoms with Gasteiger partial charge in [-0.1, -0.05) is 42.5 Å². The van der Waals surface area contributed by atoms with E-state index in [1.54, 1.807) is 12.1 Å². The van der Waals surface area contributed by atoms with Gasteiger partial charge in [0.05, 0.1) is 10.5 Å². The third-order valence-electron chi connectivity index (χ3n) is 4.29. The van der Waals surface area contributed by atoms with Crippen molar-refractivity contribution >= 4 is 40.4 Å². The highest BCUT2D eigenvalue weighted by atomic mass is 32.1. The first-order valence-corrected chi connectivity index (χ1v) is 8.38. The lowest BCUT2D eigenvalue weighted by Crippen LogP contribution is -2.52. The van der Waals surface area contributed by atoms with Crippen LogP contribution in [0.1, 0.15) is 11.1 Å². The number of rotatable bonds is 3. The second kappa shape index (κ2) is 7.08. The molecule has 7 nitrogen and oxygen atoms in total. The molecule has 27 heavy (non-hydrogen) atoms. The summed E-state index contributed by atoms with van der Waals surface area (Å²) >= 11 is 5.39. The molecule has 1 fully saturated rings. The van der Waals surface area contributed by atoms with Gasteiger partial charge in [-0.15, -0.1) is 0 Å². The number of amides is 3. The topological polar surface area (TPSA) is 83.8 Å². The van der Waals surface area contributed by atoms with Gasteiger partial charge in [0.1, 0.15) is 4.99 Å². The minimum absolute atomic E-state index is 0.0573. The molecule has 0 aromatic heterocycles. The zero-order valence-electron chi connectivity index (χ0n) is 14.6. The van der Waals surface area contributed by atoms with Gasteiger partial charge in [-0.05, 0) is 23.3 Å². The van der Waals surface area contributed by atoms with E-state index < -0.39 is 16.9 Å². The first-order valence-electron chi connectivity index (χ1n) is 7.97. The first kappa shape index (κ1) is 18.4. The molecule has 0 unspecified atom stereocenters. The van der Waals surface area contributed by atoms with Crippen LogP contribution in [0.15, 0.2) is 60.2 Å². The van der Waals surface area contributed by atoms with Crippen molar-refractivity contribution < 1.29 is 14.5 Å². The molecular weight excluding hydrogens is 366 g/mol. The maximum Gasteiger partial charge on any atom is 0.331 e. The van der Waals surface area contributed by atoms with E-state index >= 15 is 0 Å². The van der Waals surface area contributed by atoms with E-state index in [0.29, 0.717) is 16.7 Å². The predicted molar refractivity (Wildman–Crippen MR) is 104 cm³/mol. The number of non-ortho nitro benzene ring substituents is 1. The highest BCUT2D eigenvalue weighted by molar-refractivity contribution is 7.81. The fourth-order valence-corrected chi connectivity index (χ4v) is 3.12. The molecule has 136 valence electrons. The number of nitro groups is 1. The van der Waals surface area contributed by atoms with E-state index in [-0.39, 0.29) is 16.2 Å². The largest absolute Gasteiger partial charge is 0.331 e. The van der Waals surface area contributed by atoms with Crippen LogP contribution >= 0.6 is 12.2 Å². The average Bonchev–Trinajstić information content (AvgIpc) is 2.69. The molecule has 1 aliphatic heterocycles. The zero-order valence-corrected chi connectivity index (χ0v) is 15.4. The molecule has 0 spiro atoms. The van der Waals surface area contributed by atoms with Crippen molar-refractivity contribution in [1.82, 2.24) is 9.80 Å². The van der Waals surface area contributed by atoms with Crippen molar-refractivity contribution in [3.63, 3.8) is 0 Å². The van der Waals surface area contributed by atoms with Gasteiger partial charge in [0.25, 0.3) is 11.6 Å². The summed E-state index contributed by atoms with van der Waals surface area (Å²) in [5.41, 5.74) is 1.97. The van der Waals surface area contributed by atoms with Crippen LogP contribution in [0.25, 0.3) is 5.57 Å². The van der Waals surface area contributed by atoms with Gasteiger partial charge >= 0.3 is 6.03 Å². The third kappa shape index (κ3) is 3.22. The number of hydrogen-bond donors (Lipinski definition) is 0. The van der Waals surface area contributed by atoms with Crippen LogP contribution in [0.2, 0.25) is 0 Å². The van der Waals surface area contributed by atoms with Crippen LogP contribution in [-0.4, -0.2) is 45.7 Å². The monoisotopic (exact) mass is 381 g/mol. The fraction of sp³-hybridized carbons (Fsp3) is 0.105. The number of carbonyl (C=O) groups excluding carboxylic acids is 2. The maximum atomic E-state index is 12.9. The summed E-state index contributed by atoms with van der Waals surface area (Å²) in [4.78, 5) is 37.8. The van der Waals surface area contributed by atoms with E-state index in [0.717, 1.165) is 4.90 Å². The number of urea groups is 1. The lowest BCUT2D eigenvalue weighted by Gasteiger charge is -2.32. The summed E-state index contributed by atoms with van der Waals surface area (Å²) in [6, 6.07) is 14.5. The summed E-state index contributed by atoms with van der Waals surface area (Å²) < 4.78 is 0. The van der Waals surface area contributed by atoms with Crippen LogP contribution in [0, 0.1) is 10.1 Å². The van der Waals surface area contributed by atoms with E-state index in [4.69, 9.17) is 12.2 Å². The lowest BCUT2D eigenvalue weighted by atomic mass is 9.91. The average molecular weight is 381 g/mol. The highest BCUT2D eigenvalue weighted by Gasteiger charge is 2.37.